The van der Waals surface area contributed by atoms with Gasteiger partial charge in [0.2, 0.25) is 5.01 Å². The molecule has 23 heavy (non-hydrogen) atoms. The molecule has 0 fully saturated rings. The zero-order valence-corrected chi connectivity index (χ0v) is 13.7. The Morgan fingerprint density at radius 3 is 2.65 bits per heavy atom. The van der Waals surface area contributed by atoms with Gasteiger partial charge in [-0.25, -0.2) is 4.79 Å². The van der Waals surface area contributed by atoms with Crippen molar-refractivity contribution in [2.24, 2.45) is 0 Å². The predicted octanol–water partition coefficient (Wildman–Crippen LogP) is 2.97. The third kappa shape index (κ3) is 5.00. The number of benzene rings is 1. The van der Waals surface area contributed by atoms with Gasteiger partial charge < -0.3 is 10.1 Å². The van der Waals surface area contributed by atoms with Crippen LogP contribution in [0.3, 0.4) is 0 Å². The number of esters is 1. The van der Waals surface area contributed by atoms with Gasteiger partial charge in [-0.1, -0.05) is 36.5 Å². The van der Waals surface area contributed by atoms with Crippen molar-refractivity contribution in [3.63, 3.8) is 0 Å². The number of ether oxygens (including phenoxy) is 1. The summed E-state index contributed by atoms with van der Waals surface area (Å²) < 4.78 is 4.96. The van der Waals surface area contributed by atoms with Crippen LogP contribution in [0.25, 0.3) is 0 Å². The van der Waals surface area contributed by atoms with Gasteiger partial charge in [0.15, 0.2) is 5.01 Å². The fourth-order valence-corrected chi connectivity index (χ4v) is 2.38. The van der Waals surface area contributed by atoms with Crippen molar-refractivity contribution in [2.75, 3.05) is 5.32 Å². The molecule has 0 saturated carbocycles. The molecule has 0 aliphatic carbocycles. The second kappa shape index (κ2) is 8.19. The van der Waals surface area contributed by atoms with Gasteiger partial charge in [-0.3, -0.25) is 4.79 Å². The van der Waals surface area contributed by atoms with E-state index in [4.69, 9.17) is 4.74 Å². The summed E-state index contributed by atoms with van der Waals surface area (Å²) in [5.74, 6) is -0.789. The van der Waals surface area contributed by atoms with Gasteiger partial charge in [-0.05, 0) is 31.0 Å². The minimum Gasteiger partial charge on any atom is -0.455 e. The van der Waals surface area contributed by atoms with Crippen LogP contribution in [0.1, 0.15) is 34.2 Å². The molecule has 0 saturated heterocycles. The molecule has 2 aromatic rings. The van der Waals surface area contributed by atoms with Gasteiger partial charge >= 0.3 is 5.97 Å². The fourth-order valence-electron chi connectivity index (χ4n) is 1.73. The first-order valence-corrected chi connectivity index (χ1v) is 7.96. The van der Waals surface area contributed by atoms with Crippen LogP contribution in [0.15, 0.2) is 36.4 Å². The van der Waals surface area contributed by atoms with E-state index in [1.807, 2.05) is 24.3 Å². The Hall–Kier alpha value is -2.54. The molecule has 1 N–H and O–H groups in total. The highest BCUT2D eigenvalue weighted by molar-refractivity contribution is 7.13. The van der Waals surface area contributed by atoms with Crippen molar-refractivity contribution < 1.29 is 14.3 Å². The van der Waals surface area contributed by atoms with E-state index in [0.717, 1.165) is 17.8 Å². The Morgan fingerprint density at radius 1 is 1.26 bits per heavy atom. The molecule has 0 radical (unpaired) electrons. The average molecular weight is 331 g/mol. The fraction of sp³-hybridized carbons (Fsp3) is 0.250. The lowest BCUT2D eigenvalue weighted by Gasteiger charge is -2.03. The number of hydrogen-bond acceptors (Lipinski definition) is 6. The Morgan fingerprint density at radius 2 is 2.00 bits per heavy atom. The zero-order valence-electron chi connectivity index (χ0n) is 12.9. The van der Waals surface area contributed by atoms with Crippen molar-refractivity contribution in [1.29, 1.82) is 0 Å². The standard InChI is InChI=1S/C16H17N3O3S/c1-3-5-14(20)22-10-13-18-19-16(23-13)15(21)17-12-8-6-11(4-2)7-9-12/h3,5-9H,4,10H2,1-2H3,(H,17,21)/b5-3+. The first kappa shape index (κ1) is 16.8. The van der Waals surface area contributed by atoms with Gasteiger partial charge in [0.1, 0.15) is 6.61 Å². The third-order valence-corrected chi connectivity index (χ3v) is 3.82. The number of carbonyl (C=O) groups excluding carboxylic acids is 2. The lowest BCUT2D eigenvalue weighted by Crippen LogP contribution is -2.11. The second-order valence-corrected chi connectivity index (χ2v) is 5.68. The smallest absolute Gasteiger partial charge is 0.330 e. The Labute approximate surface area is 138 Å². The molecule has 0 aliphatic rings. The largest absolute Gasteiger partial charge is 0.455 e. The summed E-state index contributed by atoms with van der Waals surface area (Å²) in [5, 5.41) is 11.1. The summed E-state index contributed by atoms with van der Waals surface area (Å²) in [6.45, 7) is 3.79. The predicted molar refractivity (Wildman–Crippen MR) is 88.3 cm³/mol. The molecular formula is C16H17N3O3S. The Balaban J connectivity index is 1.93. The number of hydrogen-bond donors (Lipinski definition) is 1. The van der Waals surface area contributed by atoms with Gasteiger partial charge in [0, 0.05) is 11.8 Å². The van der Waals surface area contributed by atoms with Gasteiger partial charge in [0.05, 0.1) is 0 Å². The topological polar surface area (TPSA) is 81.2 Å². The highest BCUT2D eigenvalue weighted by Crippen LogP contribution is 2.15. The van der Waals surface area contributed by atoms with Crippen LogP contribution in [0.4, 0.5) is 5.69 Å². The first-order valence-electron chi connectivity index (χ1n) is 7.14. The van der Waals surface area contributed by atoms with E-state index in [-0.39, 0.29) is 17.5 Å². The van der Waals surface area contributed by atoms with Crippen LogP contribution in [0, 0.1) is 0 Å². The van der Waals surface area contributed by atoms with Crippen LogP contribution in [0.2, 0.25) is 0 Å². The lowest BCUT2D eigenvalue weighted by molar-refractivity contribution is -0.139. The molecule has 2 rings (SSSR count). The second-order valence-electron chi connectivity index (χ2n) is 4.61. The summed E-state index contributed by atoms with van der Waals surface area (Å²) in [6, 6.07) is 7.61. The van der Waals surface area contributed by atoms with Crippen molar-refractivity contribution in [3.05, 3.63) is 52.0 Å². The van der Waals surface area contributed by atoms with E-state index in [2.05, 4.69) is 22.4 Å². The summed E-state index contributed by atoms with van der Waals surface area (Å²) in [6.07, 6.45) is 3.85. The van der Waals surface area contributed by atoms with Crippen molar-refractivity contribution in [2.45, 2.75) is 26.9 Å². The molecule has 0 unspecified atom stereocenters. The maximum atomic E-state index is 12.1. The van der Waals surface area contributed by atoms with Crippen molar-refractivity contribution in [3.8, 4) is 0 Å². The van der Waals surface area contributed by atoms with Gasteiger partial charge in [-0.15, -0.1) is 10.2 Å². The number of carbonyl (C=O) groups is 2. The number of amides is 1. The number of nitrogens with one attached hydrogen (secondary N) is 1. The zero-order chi connectivity index (χ0) is 16.7. The van der Waals surface area contributed by atoms with E-state index in [1.165, 1.54) is 11.6 Å². The van der Waals surface area contributed by atoms with E-state index < -0.39 is 5.97 Å². The summed E-state index contributed by atoms with van der Waals surface area (Å²) >= 11 is 1.09. The Kier molecular flexibility index (Phi) is 5.99. The first-order chi connectivity index (χ1) is 11.1. The molecule has 1 aromatic carbocycles. The normalized spacial score (nSPS) is 10.7. The number of allylic oxidation sites excluding steroid dienone is 1. The molecule has 0 bridgehead atoms. The van der Waals surface area contributed by atoms with Gasteiger partial charge in [-0.2, -0.15) is 0 Å². The number of aryl methyl sites for hydroxylation is 1. The van der Waals surface area contributed by atoms with Crippen LogP contribution < -0.4 is 5.32 Å². The number of nitrogens with zero attached hydrogens (tertiary/aromatic N) is 2. The van der Waals surface area contributed by atoms with E-state index in [1.54, 1.807) is 13.0 Å². The Bertz CT molecular complexity index is 708. The molecule has 120 valence electrons. The minimum absolute atomic E-state index is 0.000678. The SMILES string of the molecule is C/C=C/C(=O)OCc1nnc(C(=O)Nc2ccc(CC)cc2)s1. The number of rotatable bonds is 6. The summed E-state index contributed by atoms with van der Waals surface area (Å²) in [7, 11) is 0. The third-order valence-electron chi connectivity index (χ3n) is 2.92. The molecule has 1 amide bonds. The lowest BCUT2D eigenvalue weighted by atomic mass is 10.1. The maximum Gasteiger partial charge on any atom is 0.330 e. The molecule has 1 heterocycles. The van der Waals surface area contributed by atoms with Crippen LogP contribution >= 0.6 is 11.3 Å². The summed E-state index contributed by atoms with van der Waals surface area (Å²) in [5.41, 5.74) is 1.90. The van der Waals surface area contributed by atoms with Crippen LogP contribution in [-0.2, 0) is 22.6 Å². The van der Waals surface area contributed by atoms with Crippen molar-refractivity contribution in [1.82, 2.24) is 10.2 Å². The molecule has 7 heteroatoms. The number of aromatic nitrogens is 2. The summed E-state index contributed by atoms with van der Waals surface area (Å²) in [4.78, 5) is 23.3. The quantitative estimate of drug-likeness (QED) is 0.650. The average Bonchev–Trinajstić information content (AvgIpc) is 3.03. The molecular weight excluding hydrogens is 314 g/mol. The molecule has 0 spiro atoms. The monoisotopic (exact) mass is 331 g/mol. The van der Waals surface area contributed by atoms with E-state index >= 15 is 0 Å². The molecule has 0 aliphatic heterocycles. The molecule has 6 nitrogen and oxygen atoms in total. The van der Waals surface area contributed by atoms with Crippen LogP contribution in [0.5, 0.6) is 0 Å². The molecule has 1 aromatic heterocycles. The number of anilines is 1. The van der Waals surface area contributed by atoms with Crippen LogP contribution in [-0.4, -0.2) is 22.1 Å². The highest BCUT2D eigenvalue weighted by Gasteiger charge is 2.14. The maximum absolute atomic E-state index is 12.1. The van der Waals surface area contributed by atoms with Crippen molar-refractivity contribution >= 4 is 28.9 Å². The van der Waals surface area contributed by atoms with E-state index in [9.17, 15) is 9.59 Å². The minimum atomic E-state index is -0.454. The highest BCUT2D eigenvalue weighted by atomic mass is 32.1. The van der Waals surface area contributed by atoms with Gasteiger partial charge in [0.25, 0.3) is 5.91 Å². The molecule has 0 atom stereocenters. The van der Waals surface area contributed by atoms with E-state index in [0.29, 0.717) is 10.7 Å².